The maximum Gasteiger partial charge on any atom is 0.472 e. The number of allylic oxidation sites excluding steroid dienone is 4. The van der Waals surface area contributed by atoms with Gasteiger partial charge in [-0.05, 0) is 44.9 Å². The minimum atomic E-state index is -4.28. The number of phosphoric acid groups is 1. The molecule has 0 bridgehead atoms. The number of carbonyl (C=O) groups is 1. The second-order valence-electron chi connectivity index (χ2n) is 19.5. The Hall–Kier alpha value is -1.02. The summed E-state index contributed by atoms with van der Waals surface area (Å²) in [7, 11) is -4.28. The number of hydrogen-bond acceptors (Lipinski definition) is 7. The van der Waals surface area contributed by atoms with Gasteiger partial charge < -0.3 is 20.1 Å². The van der Waals surface area contributed by atoms with Crippen LogP contribution in [0.25, 0.3) is 0 Å². The molecule has 0 amide bonds. The quantitative estimate of drug-likeness (QED) is 0.0268. The van der Waals surface area contributed by atoms with E-state index in [0.717, 1.165) is 38.5 Å². The van der Waals surface area contributed by atoms with Crippen LogP contribution in [-0.4, -0.2) is 49.9 Å². The van der Waals surface area contributed by atoms with Crippen molar-refractivity contribution in [2.24, 2.45) is 5.73 Å². The number of ether oxygens (including phenoxy) is 2. The maximum absolute atomic E-state index is 12.7. The summed E-state index contributed by atoms with van der Waals surface area (Å²) in [5, 5.41) is 0. The van der Waals surface area contributed by atoms with Crippen LogP contribution in [-0.2, 0) is 27.9 Å². The molecule has 392 valence electrons. The van der Waals surface area contributed by atoms with Crippen molar-refractivity contribution in [1.82, 2.24) is 0 Å². The number of esters is 1. The molecule has 0 heterocycles. The van der Waals surface area contributed by atoms with Crippen molar-refractivity contribution in [3.05, 3.63) is 24.3 Å². The molecule has 2 atom stereocenters. The lowest BCUT2D eigenvalue weighted by atomic mass is 10.0. The van der Waals surface area contributed by atoms with Crippen molar-refractivity contribution in [3.8, 4) is 0 Å². The van der Waals surface area contributed by atoms with Crippen LogP contribution in [0.1, 0.15) is 296 Å². The molecule has 0 radical (unpaired) electrons. The number of unbranched alkanes of at least 4 members (excludes halogenated alkanes) is 39. The van der Waals surface area contributed by atoms with Gasteiger partial charge in [-0.25, -0.2) is 4.57 Å². The molecule has 0 rings (SSSR count). The van der Waals surface area contributed by atoms with E-state index in [-0.39, 0.29) is 32.3 Å². The smallest absolute Gasteiger partial charge is 0.457 e. The standard InChI is InChI=1S/C57H112NO7P/c1-3-5-7-9-11-13-15-17-19-21-23-25-26-27-28-29-31-33-35-37-39-41-43-45-47-49-52-62-54-56(55-64-66(60,61)63-53-51-58)65-57(59)50-48-46-44-42-40-38-36-34-32-30-24-22-20-18-16-14-12-10-8-6-4-2/h16,18,22,24,56H,3-15,17,19-21,23,25-55,58H2,1-2H3,(H,60,61)/b18-16-,24-22-. The largest absolute Gasteiger partial charge is 0.472 e. The van der Waals surface area contributed by atoms with Crippen molar-refractivity contribution in [2.75, 3.05) is 33.0 Å². The lowest BCUT2D eigenvalue weighted by Gasteiger charge is -2.20. The Morgan fingerprint density at radius 3 is 1.18 bits per heavy atom. The highest BCUT2D eigenvalue weighted by atomic mass is 31.2. The molecule has 0 aliphatic heterocycles. The van der Waals surface area contributed by atoms with E-state index in [1.165, 1.54) is 238 Å². The minimum Gasteiger partial charge on any atom is -0.457 e. The molecule has 0 aliphatic carbocycles. The first kappa shape index (κ1) is 65.0. The summed E-state index contributed by atoms with van der Waals surface area (Å²) < 4.78 is 33.7. The molecule has 0 saturated carbocycles. The summed E-state index contributed by atoms with van der Waals surface area (Å²) in [6, 6.07) is 0. The average molecular weight is 954 g/mol. The second kappa shape index (κ2) is 54.9. The highest BCUT2D eigenvalue weighted by Gasteiger charge is 2.25. The fourth-order valence-corrected chi connectivity index (χ4v) is 9.39. The van der Waals surface area contributed by atoms with E-state index in [4.69, 9.17) is 24.3 Å². The monoisotopic (exact) mass is 954 g/mol. The number of rotatable bonds is 56. The molecule has 0 aliphatic rings. The summed E-state index contributed by atoms with van der Waals surface area (Å²) in [4.78, 5) is 22.7. The number of phosphoric ester groups is 1. The van der Waals surface area contributed by atoms with Crippen LogP contribution in [0.4, 0.5) is 0 Å². The Morgan fingerprint density at radius 2 is 0.803 bits per heavy atom. The van der Waals surface area contributed by atoms with E-state index in [1.807, 2.05) is 0 Å². The lowest BCUT2D eigenvalue weighted by Crippen LogP contribution is -2.28. The van der Waals surface area contributed by atoms with Crippen molar-refractivity contribution in [3.63, 3.8) is 0 Å². The van der Waals surface area contributed by atoms with Gasteiger partial charge >= 0.3 is 13.8 Å². The van der Waals surface area contributed by atoms with Gasteiger partial charge in [-0.3, -0.25) is 13.8 Å². The van der Waals surface area contributed by atoms with Gasteiger partial charge in [-0.15, -0.1) is 0 Å². The molecule has 2 unspecified atom stereocenters. The van der Waals surface area contributed by atoms with Gasteiger partial charge in [-0.2, -0.15) is 0 Å². The minimum absolute atomic E-state index is 0.0937. The van der Waals surface area contributed by atoms with Crippen molar-refractivity contribution in [1.29, 1.82) is 0 Å². The van der Waals surface area contributed by atoms with E-state index in [0.29, 0.717) is 13.0 Å². The fourth-order valence-electron chi connectivity index (χ4n) is 8.62. The van der Waals surface area contributed by atoms with Gasteiger partial charge in [0.15, 0.2) is 0 Å². The third kappa shape index (κ3) is 53.9. The highest BCUT2D eigenvalue weighted by Crippen LogP contribution is 2.43. The van der Waals surface area contributed by atoms with Crippen LogP contribution in [0.5, 0.6) is 0 Å². The van der Waals surface area contributed by atoms with Crippen LogP contribution in [0.2, 0.25) is 0 Å². The van der Waals surface area contributed by atoms with Crippen LogP contribution >= 0.6 is 7.82 Å². The summed E-state index contributed by atoms with van der Waals surface area (Å²) in [6.45, 7) is 4.98. The van der Waals surface area contributed by atoms with Gasteiger partial charge in [-0.1, -0.05) is 269 Å². The summed E-state index contributed by atoms with van der Waals surface area (Å²) >= 11 is 0. The van der Waals surface area contributed by atoms with Crippen LogP contribution in [0.3, 0.4) is 0 Å². The molecule has 0 aromatic rings. The Morgan fingerprint density at radius 1 is 0.455 bits per heavy atom. The zero-order valence-electron chi connectivity index (χ0n) is 44.0. The molecule has 8 nitrogen and oxygen atoms in total. The van der Waals surface area contributed by atoms with Gasteiger partial charge in [0.05, 0.1) is 19.8 Å². The number of carbonyl (C=O) groups excluding carboxylic acids is 1. The molecule has 3 N–H and O–H groups in total. The van der Waals surface area contributed by atoms with E-state index < -0.39 is 13.9 Å². The van der Waals surface area contributed by atoms with Crippen LogP contribution in [0.15, 0.2) is 24.3 Å². The van der Waals surface area contributed by atoms with E-state index in [1.54, 1.807) is 0 Å². The third-order valence-corrected chi connectivity index (χ3v) is 13.9. The molecular formula is C57H112NO7P. The predicted molar refractivity (Wildman–Crippen MR) is 284 cm³/mol. The molecule has 9 heteroatoms. The van der Waals surface area contributed by atoms with Gasteiger partial charge in [0, 0.05) is 19.6 Å². The highest BCUT2D eigenvalue weighted by molar-refractivity contribution is 7.47. The van der Waals surface area contributed by atoms with Crippen molar-refractivity contribution < 1.29 is 32.8 Å². The molecule has 0 aromatic carbocycles. The zero-order valence-corrected chi connectivity index (χ0v) is 44.9. The average Bonchev–Trinajstić information content (AvgIpc) is 3.31. The first-order chi connectivity index (χ1) is 32.4. The molecule has 0 spiro atoms. The number of nitrogens with two attached hydrogens (primary N) is 1. The van der Waals surface area contributed by atoms with E-state index in [2.05, 4.69) is 38.2 Å². The Bertz CT molecular complexity index is 1070. The molecule has 66 heavy (non-hydrogen) atoms. The van der Waals surface area contributed by atoms with Gasteiger partial charge in [0.25, 0.3) is 0 Å². The number of hydrogen-bond donors (Lipinski definition) is 2. The second-order valence-corrected chi connectivity index (χ2v) is 21.0. The third-order valence-electron chi connectivity index (χ3n) is 12.9. The van der Waals surface area contributed by atoms with Crippen molar-refractivity contribution >= 4 is 13.8 Å². The van der Waals surface area contributed by atoms with Crippen LogP contribution < -0.4 is 5.73 Å². The SMILES string of the molecule is CCCCCCC/C=C\C/C=C\CCCCCCCCCCCC(=O)OC(COCCCCCCCCCCCCCCCCCCCCCCCCCCCC)COP(=O)(O)OCCN. The molecule has 0 fully saturated rings. The Balaban J connectivity index is 3.84. The predicted octanol–water partition coefficient (Wildman–Crippen LogP) is 18.3. The topological polar surface area (TPSA) is 117 Å². The summed E-state index contributed by atoms with van der Waals surface area (Å²) in [5.41, 5.74) is 5.40. The fraction of sp³-hybridized carbons (Fsp3) is 0.912. The van der Waals surface area contributed by atoms with Crippen LogP contribution in [0, 0.1) is 0 Å². The Labute approximate surface area is 410 Å². The molecule has 0 saturated heterocycles. The molecular weight excluding hydrogens is 842 g/mol. The zero-order chi connectivity index (χ0) is 48.0. The van der Waals surface area contributed by atoms with E-state index >= 15 is 0 Å². The molecule has 0 aromatic heterocycles. The van der Waals surface area contributed by atoms with E-state index in [9.17, 15) is 14.3 Å². The van der Waals surface area contributed by atoms with Gasteiger partial charge in [0.1, 0.15) is 6.10 Å². The van der Waals surface area contributed by atoms with Crippen molar-refractivity contribution in [2.45, 2.75) is 302 Å². The lowest BCUT2D eigenvalue weighted by molar-refractivity contribution is -0.154. The maximum atomic E-state index is 12.7. The normalized spacial score (nSPS) is 13.3. The Kier molecular flexibility index (Phi) is 54.1. The summed E-state index contributed by atoms with van der Waals surface area (Å²) in [5.74, 6) is -0.328. The first-order valence-corrected chi connectivity index (χ1v) is 30.3. The van der Waals surface area contributed by atoms with Gasteiger partial charge in [0.2, 0.25) is 0 Å². The summed E-state index contributed by atoms with van der Waals surface area (Å²) in [6.07, 6.45) is 65.2. The first-order valence-electron chi connectivity index (χ1n) is 28.8.